The number of aromatic nitrogens is 1. The van der Waals surface area contributed by atoms with Gasteiger partial charge in [-0.25, -0.2) is 4.39 Å². The lowest BCUT2D eigenvalue weighted by atomic mass is 9.79. The van der Waals surface area contributed by atoms with E-state index in [9.17, 15) is 22.7 Å². The van der Waals surface area contributed by atoms with Crippen molar-refractivity contribution in [3.8, 4) is 0 Å². The van der Waals surface area contributed by atoms with Crippen molar-refractivity contribution in [2.75, 3.05) is 13.2 Å². The van der Waals surface area contributed by atoms with E-state index in [1.807, 2.05) is 30.3 Å². The van der Waals surface area contributed by atoms with Crippen LogP contribution in [-0.2, 0) is 18.1 Å². The van der Waals surface area contributed by atoms with E-state index in [0.717, 1.165) is 17.7 Å². The molecular formula is C24H23ClF4N2O. The fourth-order valence-corrected chi connectivity index (χ4v) is 3.65. The van der Waals surface area contributed by atoms with Crippen LogP contribution in [0.4, 0.5) is 17.6 Å². The molecule has 32 heavy (non-hydrogen) atoms. The lowest BCUT2D eigenvalue weighted by Gasteiger charge is -2.37. The summed E-state index contributed by atoms with van der Waals surface area (Å²) in [5.41, 5.74) is -1.12. The smallest absolute Gasteiger partial charge is 0.396 e. The molecule has 2 aromatic carbocycles. The maximum atomic E-state index is 14.5. The predicted molar refractivity (Wildman–Crippen MR) is 116 cm³/mol. The summed E-state index contributed by atoms with van der Waals surface area (Å²) >= 11 is 6.00. The van der Waals surface area contributed by atoms with E-state index in [1.54, 1.807) is 19.1 Å². The van der Waals surface area contributed by atoms with Crippen molar-refractivity contribution in [1.82, 2.24) is 10.3 Å². The van der Waals surface area contributed by atoms with Crippen molar-refractivity contribution in [1.29, 1.82) is 0 Å². The van der Waals surface area contributed by atoms with Gasteiger partial charge in [-0.15, -0.1) is 0 Å². The third kappa shape index (κ3) is 5.65. The number of alkyl halides is 3. The van der Waals surface area contributed by atoms with E-state index in [-0.39, 0.29) is 31.1 Å². The molecule has 0 radical (unpaired) electrons. The maximum absolute atomic E-state index is 14.5. The van der Waals surface area contributed by atoms with E-state index in [4.69, 9.17) is 11.6 Å². The minimum atomic E-state index is -4.72. The topological polar surface area (TPSA) is 45.1 Å². The van der Waals surface area contributed by atoms with Gasteiger partial charge >= 0.3 is 6.18 Å². The van der Waals surface area contributed by atoms with Crippen molar-refractivity contribution in [2.45, 2.75) is 25.1 Å². The zero-order valence-electron chi connectivity index (χ0n) is 17.3. The SMILES string of the molecule is C[C@H](CO)CN[C@@](Cc1ccccc1)(c1cc(F)cc(C(F)(F)F)c1)c1ccc(Cl)cn1. The van der Waals surface area contributed by atoms with Crippen LogP contribution in [0.3, 0.4) is 0 Å². The summed E-state index contributed by atoms with van der Waals surface area (Å²) in [6.07, 6.45) is -3.12. The zero-order valence-corrected chi connectivity index (χ0v) is 18.1. The van der Waals surface area contributed by atoms with Gasteiger partial charge in [-0.2, -0.15) is 13.2 Å². The van der Waals surface area contributed by atoms with E-state index in [1.165, 1.54) is 6.20 Å². The van der Waals surface area contributed by atoms with Crippen LogP contribution in [0.25, 0.3) is 0 Å². The van der Waals surface area contributed by atoms with Gasteiger partial charge in [0.2, 0.25) is 0 Å². The van der Waals surface area contributed by atoms with Gasteiger partial charge in [-0.3, -0.25) is 4.98 Å². The second kappa shape index (κ2) is 9.98. The molecule has 170 valence electrons. The number of benzene rings is 2. The Labute approximate surface area is 189 Å². The fourth-order valence-electron chi connectivity index (χ4n) is 3.54. The molecule has 3 aromatic rings. The van der Waals surface area contributed by atoms with E-state index in [0.29, 0.717) is 16.8 Å². The molecule has 0 saturated carbocycles. The number of halogens is 5. The van der Waals surface area contributed by atoms with Crippen LogP contribution < -0.4 is 5.32 Å². The average Bonchev–Trinajstić information content (AvgIpc) is 2.76. The molecule has 3 rings (SSSR count). The van der Waals surface area contributed by atoms with Crippen LogP contribution >= 0.6 is 11.6 Å². The number of hydrogen-bond acceptors (Lipinski definition) is 3. The fraction of sp³-hybridized carbons (Fsp3) is 0.292. The van der Waals surface area contributed by atoms with Gasteiger partial charge in [0.05, 0.1) is 21.8 Å². The lowest BCUT2D eigenvalue weighted by Crippen LogP contribution is -2.48. The summed E-state index contributed by atoms with van der Waals surface area (Å²) < 4.78 is 55.1. The van der Waals surface area contributed by atoms with Gasteiger partial charge < -0.3 is 10.4 Å². The molecule has 0 bridgehead atoms. The van der Waals surface area contributed by atoms with Crippen LogP contribution in [0.1, 0.15) is 29.3 Å². The molecule has 0 aliphatic rings. The molecule has 0 amide bonds. The molecule has 0 fully saturated rings. The van der Waals surface area contributed by atoms with Gasteiger partial charge in [-0.1, -0.05) is 48.9 Å². The highest BCUT2D eigenvalue weighted by Gasteiger charge is 2.39. The third-order valence-electron chi connectivity index (χ3n) is 5.26. The first kappa shape index (κ1) is 24.2. The molecule has 1 aromatic heterocycles. The highest BCUT2D eigenvalue weighted by atomic mass is 35.5. The summed E-state index contributed by atoms with van der Waals surface area (Å²) in [4.78, 5) is 4.39. The predicted octanol–water partition coefficient (Wildman–Crippen LogP) is 5.60. The molecule has 2 atom stereocenters. The Morgan fingerprint density at radius 3 is 2.31 bits per heavy atom. The Balaban J connectivity index is 2.26. The minimum Gasteiger partial charge on any atom is -0.396 e. The van der Waals surface area contributed by atoms with Crippen LogP contribution in [0.15, 0.2) is 66.9 Å². The Morgan fingerprint density at radius 1 is 1.03 bits per heavy atom. The third-order valence-corrected chi connectivity index (χ3v) is 5.48. The van der Waals surface area contributed by atoms with Crippen molar-refractivity contribution in [3.05, 3.63) is 100 Å². The number of aliphatic hydroxyl groups excluding tert-OH is 1. The summed E-state index contributed by atoms with van der Waals surface area (Å²) in [6, 6.07) is 14.8. The van der Waals surface area contributed by atoms with E-state index >= 15 is 0 Å². The highest BCUT2D eigenvalue weighted by Crippen LogP contribution is 2.38. The Hall–Kier alpha value is -2.48. The number of hydrogen-bond donors (Lipinski definition) is 2. The summed E-state index contributed by atoms with van der Waals surface area (Å²) in [7, 11) is 0. The maximum Gasteiger partial charge on any atom is 0.416 e. The number of rotatable bonds is 8. The molecular weight excluding hydrogens is 444 g/mol. The van der Waals surface area contributed by atoms with Crippen molar-refractivity contribution < 1.29 is 22.7 Å². The number of nitrogens with one attached hydrogen (secondary N) is 1. The largest absolute Gasteiger partial charge is 0.416 e. The Kier molecular flexibility index (Phi) is 7.54. The molecule has 0 saturated heterocycles. The monoisotopic (exact) mass is 466 g/mol. The molecule has 2 N–H and O–H groups in total. The Bertz CT molecular complexity index is 1030. The normalized spacial score (nSPS) is 14.7. The van der Waals surface area contributed by atoms with E-state index < -0.39 is 23.1 Å². The first-order valence-corrected chi connectivity index (χ1v) is 10.4. The number of nitrogens with zero attached hydrogens (tertiary/aromatic N) is 1. The Morgan fingerprint density at radius 2 is 1.72 bits per heavy atom. The first-order chi connectivity index (χ1) is 15.1. The number of pyridine rings is 1. The van der Waals surface area contributed by atoms with Gasteiger partial charge in [0, 0.05) is 25.8 Å². The standard InChI is InChI=1S/C24H23ClF4N2O/c1-16(15-32)13-31-23(12-17-5-3-2-4-6-17,22-8-7-20(25)14-30-22)18-9-19(24(27,28)29)11-21(26)10-18/h2-11,14,16,31-32H,12-13,15H2,1H3/t16-,23-/m0/s1. The summed E-state index contributed by atoms with van der Waals surface area (Å²) in [6.45, 7) is 1.92. The molecule has 1 heterocycles. The average molecular weight is 467 g/mol. The van der Waals surface area contributed by atoms with Crippen molar-refractivity contribution in [3.63, 3.8) is 0 Å². The summed E-state index contributed by atoms with van der Waals surface area (Å²) in [5.74, 6) is -1.20. The summed E-state index contributed by atoms with van der Waals surface area (Å²) in [5, 5.41) is 13.2. The molecule has 0 spiro atoms. The lowest BCUT2D eigenvalue weighted by molar-refractivity contribution is -0.137. The van der Waals surface area contributed by atoms with Gasteiger partial charge in [0.15, 0.2) is 0 Å². The second-order valence-electron chi connectivity index (χ2n) is 7.82. The zero-order chi connectivity index (χ0) is 23.4. The van der Waals surface area contributed by atoms with E-state index in [2.05, 4.69) is 10.3 Å². The van der Waals surface area contributed by atoms with Crippen LogP contribution in [-0.4, -0.2) is 23.2 Å². The first-order valence-electron chi connectivity index (χ1n) is 10.0. The molecule has 0 aliphatic carbocycles. The van der Waals surface area contributed by atoms with Gasteiger partial charge in [-0.05, 0) is 47.4 Å². The van der Waals surface area contributed by atoms with Crippen molar-refractivity contribution in [2.24, 2.45) is 5.92 Å². The van der Waals surface area contributed by atoms with Crippen LogP contribution in [0.5, 0.6) is 0 Å². The molecule has 0 unspecified atom stereocenters. The molecule has 0 aliphatic heterocycles. The van der Waals surface area contributed by atoms with Crippen molar-refractivity contribution >= 4 is 11.6 Å². The minimum absolute atomic E-state index is 0.0774. The second-order valence-corrected chi connectivity index (χ2v) is 8.26. The molecule has 3 nitrogen and oxygen atoms in total. The quantitative estimate of drug-likeness (QED) is 0.425. The van der Waals surface area contributed by atoms with Gasteiger partial charge in [0.1, 0.15) is 5.82 Å². The van der Waals surface area contributed by atoms with Gasteiger partial charge in [0.25, 0.3) is 0 Å². The molecule has 8 heteroatoms. The van der Waals surface area contributed by atoms with Crippen LogP contribution in [0, 0.1) is 11.7 Å². The number of aliphatic hydroxyl groups is 1. The van der Waals surface area contributed by atoms with Crippen LogP contribution in [0.2, 0.25) is 5.02 Å². The highest BCUT2D eigenvalue weighted by molar-refractivity contribution is 6.30.